The minimum Gasteiger partial charge on any atom is -0.326 e. The average Bonchev–Trinajstić information content (AvgIpc) is 2.85. The van der Waals surface area contributed by atoms with E-state index in [9.17, 15) is 4.79 Å². The van der Waals surface area contributed by atoms with Gasteiger partial charge in [-0.3, -0.25) is 4.79 Å². The molecule has 0 atom stereocenters. The Morgan fingerprint density at radius 2 is 2.21 bits per heavy atom. The van der Waals surface area contributed by atoms with Gasteiger partial charge in [-0.15, -0.1) is 0 Å². The van der Waals surface area contributed by atoms with Crippen LogP contribution < -0.4 is 10.9 Å². The Morgan fingerprint density at radius 3 is 2.79 bits per heavy atom. The Kier molecular flexibility index (Phi) is 2.42. The lowest BCUT2D eigenvalue weighted by molar-refractivity contribution is 0.678. The first-order valence-corrected chi connectivity index (χ1v) is 5.09. The zero-order valence-corrected chi connectivity index (χ0v) is 8.68. The van der Waals surface area contributed by atoms with Crippen LogP contribution in [0.4, 0.5) is 0 Å². The molecule has 14 heavy (non-hydrogen) atoms. The normalized spacial score (nSPS) is 15.9. The van der Waals surface area contributed by atoms with E-state index in [1.807, 2.05) is 19.9 Å². The van der Waals surface area contributed by atoms with Crippen molar-refractivity contribution in [3.05, 3.63) is 33.2 Å². The summed E-state index contributed by atoms with van der Waals surface area (Å²) in [5.74, 6) is 0. The van der Waals surface area contributed by atoms with Gasteiger partial charge in [0.05, 0.1) is 0 Å². The molecular weight excluding hydrogens is 176 g/mol. The lowest BCUT2D eigenvalue weighted by Gasteiger charge is -2.06. The summed E-state index contributed by atoms with van der Waals surface area (Å²) in [5.41, 5.74) is 2.94. The van der Waals surface area contributed by atoms with Crippen LogP contribution >= 0.6 is 0 Å². The van der Waals surface area contributed by atoms with E-state index in [1.54, 1.807) is 0 Å². The van der Waals surface area contributed by atoms with Gasteiger partial charge in [-0.25, -0.2) is 0 Å². The molecule has 1 aromatic rings. The largest absolute Gasteiger partial charge is 0.326 e. The second-order valence-corrected chi connectivity index (χ2v) is 4.10. The van der Waals surface area contributed by atoms with E-state index in [0.29, 0.717) is 12.6 Å². The first kappa shape index (κ1) is 9.46. The van der Waals surface area contributed by atoms with E-state index < -0.39 is 0 Å². The Balaban J connectivity index is 2.18. The topological polar surface area (TPSA) is 44.9 Å². The maximum Gasteiger partial charge on any atom is 0.252 e. The van der Waals surface area contributed by atoms with Crippen molar-refractivity contribution in [3.8, 4) is 0 Å². The van der Waals surface area contributed by atoms with Crippen LogP contribution in [0.15, 0.2) is 10.9 Å². The summed E-state index contributed by atoms with van der Waals surface area (Å²) < 4.78 is 0. The second kappa shape index (κ2) is 3.58. The lowest BCUT2D eigenvalue weighted by atomic mass is 10.1. The van der Waals surface area contributed by atoms with Crippen molar-refractivity contribution < 1.29 is 0 Å². The molecule has 0 spiro atoms. The van der Waals surface area contributed by atoms with E-state index in [0.717, 1.165) is 16.8 Å². The molecule has 0 unspecified atom stereocenters. The number of aromatic nitrogens is 1. The molecule has 1 saturated carbocycles. The van der Waals surface area contributed by atoms with Gasteiger partial charge in [0, 0.05) is 23.8 Å². The molecule has 1 fully saturated rings. The van der Waals surface area contributed by atoms with Crippen LogP contribution in [0.5, 0.6) is 0 Å². The van der Waals surface area contributed by atoms with Crippen LogP contribution in [0.3, 0.4) is 0 Å². The Morgan fingerprint density at radius 1 is 1.50 bits per heavy atom. The SMILES string of the molecule is Cc1cc(C)c(CNC2CC2)c(=O)[nH]1. The minimum atomic E-state index is 0.0515. The molecule has 2 N–H and O–H groups in total. The zero-order valence-electron chi connectivity index (χ0n) is 8.68. The summed E-state index contributed by atoms with van der Waals surface area (Å²) in [5, 5.41) is 3.35. The summed E-state index contributed by atoms with van der Waals surface area (Å²) in [7, 11) is 0. The van der Waals surface area contributed by atoms with Gasteiger partial charge in [0.1, 0.15) is 0 Å². The fraction of sp³-hybridized carbons (Fsp3) is 0.545. The van der Waals surface area contributed by atoms with Crippen LogP contribution in [0.2, 0.25) is 0 Å². The van der Waals surface area contributed by atoms with Gasteiger partial charge in [0.15, 0.2) is 0 Å². The van der Waals surface area contributed by atoms with E-state index >= 15 is 0 Å². The van der Waals surface area contributed by atoms with Gasteiger partial charge in [-0.2, -0.15) is 0 Å². The van der Waals surface area contributed by atoms with Crippen molar-refractivity contribution in [2.75, 3.05) is 0 Å². The van der Waals surface area contributed by atoms with Gasteiger partial charge in [0.25, 0.3) is 5.56 Å². The molecule has 0 radical (unpaired) electrons. The molecule has 76 valence electrons. The standard InChI is InChI=1S/C11H16N2O/c1-7-5-8(2)13-11(14)10(7)6-12-9-3-4-9/h5,9,12H,3-4,6H2,1-2H3,(H,13,14). The molecule has 0 aromatic carbocycles. The molecule has 3 heteroatoms. The van der Waals surface area contributed by atoms with Gasteiger partial charge in [-0.1, -0.05) is 0 Å². The third kappa shape index (κ3) is 2.04. The van der Waals surface area contributed by atoms with Crippen molar-refractivity contribution in [3.63, 3.8) is 0 Å². The molecule has 1 aliphatic rings. The molecule has 0 bridgehead atoms. The van der Waals surface area contributed by atoms with Crippen molar-refractivity contribution >= 4 is 0 Å². The highest BCUT2D eigenvalue weighted by molar-refractivity contribution is 5.24. The Hall–Kier alpha value is -1.09. The summed E-state index contributed by atoms with van der Waals surface area (Å²) >= 11 is 0. The molecule has 3 nitrogen and oxygen atoms in total. The van der Waals surface area contributed by atoms with Crippen LogP contribution in [0.1, 0.15) is 29.7 Å². The number of pyridine rings is 1. The van der Waals surface area contributed by atoms with Gasteiger partial charge in [0.2, 0.25) is 0 Å². The predicted octanol–water partition coefficient (Wildman–Crippen LogP) is 1.24. The third-order valence-corrected chi connectivity index (χ3v) is 2.64. The number of hydrogen-bond donors (Lipinski definition) is 2. The summed E-state index contributed by atoms with van der Waals surface area (Å²) in [6.07, 6.45) is 2.51. The smallest absolute Gasteiger partial charge is 0.252 e. The Bertz CT molecular complexity index is 391. The fourth-order valence-electron chi connectivity index (χ4n) is 1.64. The molecule has 0 amide bonds. The monoisotopic (exact) mass is 192 g/mol. The summed E-state index contributed by atoms with van der Waals surface area (Å²) in [6.45, 7) is 4.60. The van der Waals surface area contributed by atoms with Crippen LogP contribution in [0, 0.1) is 13.8 Å². The zero-order chi connectivity index (χ0) is 10.1. The van der Waals surface area contributed by atoms with Crippen LogP contribution in [0.25, 0.3) is 0 Å². The quantitative estimate of drug-likeness (QED) is 0.757. The number of H-pyrrole nitrogens is 1. The maximum atomic E-state index is 11.6. The number of aromatic amines is 1. The fourth-order valence-corrected chi connectivity index (χ4v) is 1.64. The van der Waals surface area contributed by atoms with Crippen molar-refractivity contribution in [2.24, 2.45) is 0 Å². The van der Waals surface area contributed by atoms with Gasteiger partial charge < -0.3 is 10.3 Å². The van der Waals surface area contributed by atoms with Gasteiger partial charge in [-0.05, 0) is 38.3 Å². The van der Waals surface area contributed by atoms with E-state index in [4.69, 9.17) is 0 Å². The number of hydrogen-bond acceptors (Lipinski definition) is 2. The summed E-state index contributed by atoms with van der Waals surface area (Å²) in [6, 6.07) is 2.67. The van der Waals surface area contributed by atoms with E-state index in [2.05, 4.69) is 10.3 Å². The molecule has 2 rings (SSSR count). The molecular formula is C11H16N2O. The molecule has 1 aromatic heterocycles. The predicted molar refractivity (Wildman–Crippen MR) is 56.4 cm³/mol. The van der Waals surface area contributed by atoms with Crippen molar-refractivity contribution in [2.45, 2.75) is 39.3 Å². The second-order valence-electron chi connectivity index (χ2n) is 4.10. The van der Waals surface area contributed by atoms with E-state index in [-0.39, 0.29) is 5.56 Å². The van der Waals surface area contributed by atoms with E-state index in [1.165, 1.54) is 12.8 Å². The first-order chi connectivity index (χ1) is 6.66. The molecule has 1 heterocycles. The molecule has 1 aliphatic carbocycles. The summed E-state index contributed by atoms with van der Waals surface area (Å²) in [4.78, 5) is 14.4. The van der Waals surface area contributed by atoms with Crippen molar-refractivity contribution in [1.82, 2.24) is 10.3 Å². The maximum absolute atomic E-state index is 11.6. The molecule has 0 saturated heterocycles. The van der Waals surface area contributed by atoms with Crippen LogP contribution in [-0.2, 0) is 6.54 Å². The highest BCUT2D eigenvalue weighted by Gasteiger charge is 2.20. The average molecular weight is 192 g/mol. The number of aryl methyl sites for hydroxylation is 2. The highest BCUT2D eigenvalue weighted by Crippen LogP contribution is 2.19. The minimum absolute atomic E-state index is 0.0515. The van der Waals surface area contributed by atoms with Crippen LogP contribution in [-0.4, -0.2) is 11.0 Å². The third-order valence-electron chi connectivity index (χ3n) is 2.64. The van der Waals surface area contributed by atoms with Gasteiger partial charge >= 0.3 is 0 Å². The molecule has 0 aliphatic heterocycles. The van der Waals surface area contributed by atoms with Crippen molar-refractivity contribution in [1.29, 1.82) is 0 Å². The first-order valence-electron chi connectivity index (χ1n) is 5.09. The number of nitrogens with one attached hydrogen (secondary N) is 2. The highest BCUT2D eigenvalue weighted by atomic mass is 16.1. The Labute approximate surface area is 83.5 Å². The lowest BCUT2D eigenvalue weighted by Crippen LogP contribution is -2.24. The number of rotatable bonds is 3.